The molecule has 1 amide bonds. The van der Waals surface area contributed by atoms with E-state index in [4.69, 9.17) is 11.6 Å². The molecule has 3 aromatic rings. The van der Waals surface area contributed by atoms with Crippen molar-refractivity contribution in [2.45, 2.75) is 20.0 Å². The summed E-state index contributed by atoms with van der Waals surface area (Å²) in [6, 6.07) is 7.04. The molecule has 0 atom stereocenters. The average Bonchev–Trinajstić information content (AvgIpc) is 2.93. The van der Waals surface area contributed by atoms with Gasteiger partial charge in [-0.3, -0.25) is 4.79 Å². The zero-order chi connectivity index (χ0) is 18.4. The molecule has 0 radical (unpaired) electrons. The third-order valence-electron chi connectivity index (χ3n) is 3.59. The van der Waals surface area contributed by atoms with Gasteiger partial charge in [0.2, 0.25) is 0 Å². The molecule has 0 unspecified atom stereocenters. The van der Waals surface area contributed by atoms with E-state index in [1.165, 1.54) is 13.0 Å². The number of alkyl halides is 3. The van der Waals surface area contributed by atoms with Gasteiger partial charge in [0.1, 0.15) is 5.69 Å². The third kappa shape index (κ3) is 3.30. The Morgan fingerprint density at radius 3 is 2.64 bits per heavy atom. The lowest BCUT2D eigenvalue weighted by molar-refractivity contribution is -0.142. The highest BCUT2D eigenvalue weighted by Gasteiger charge is 2.35. The number of carbonyl (C=O) groups is 1. The normalized spacial score (nSPS) is 11.8. The minimum Gasteiger partial charge on any atom is -0.320 e. The average molecular weight is 369 g/mol. The van der Waals surface area contributed by atoms with Crippen LogP contribution in [0.15, 0.2) is 30.3 Å². The lowest BCUT2D eigenvalue weighted by atomic mass is 10.2. The summed E-state index contributed by atoms with van der Waals surface area (Å²) in [6.07, 6.45) is -4.62. The van der Waals surface area contributed by atoms with Gasteiger partial charge in [0.25, 0.3) is 5.91 Å². The topological polar surface area (TPSA) is 59.3 Å². The number of hydrogen-bond acceptors (Lipinski definition) is 3. The predicted octanol–water partition coefficient (Wildman–Crippen LogP) is 4.27. The van der Waals surface area contributed by atoms with Crippen LogP contribution in [-0.4, -0.2) is 20.5 Å². The third-order valence-corrected chi connectivity index (χ3v) is 4.00. The van der Waals surface area contributed by atoms with Crippen molar-refractivity contribution >= 4 is 28.8 Å². The van der Waals surface area contributed by atoms with E-state index in [0.717, 1.165) is 6.07 Å². The van der Waals surface area contributed by atoms with Gasteiger partial charge in [-0.25, -0.2) is 9.50 Å². The van der Waals surface area contributed by atoms with Crippen molar-refractivity contribution in [2.75, 3.05) is 5.32 Å². The van der Waals surface area contributed by atoms with Crippen LogP contribution in [0.25, 0.3) is 5.65 Å². The van der Waals surface area contributed by atoms with Crippen molar-refractivity contribution in [1.29, 1.82) is 0 Å². The first-order valence-corrected chi connectivity index (χ1v) is 7.55. The van der Waals surface area contributed by atoms with Gasteiger partial charge >= 0.3 is 6.18 Å². The van der Waals surface area contributed by atoms with Gasteiger partial charge in [0.15, 0.2) is 11.3 Å². The summed E-state index contributed by atoms with van der Waals surface area (Å²) in [7, 11) is 0. The van der Waals surface area contributed by atoms with Crippen LogP contribution in [0.3, 0.4) is 0 Å². The molecule has 0 aliphatic carbocycles. The van der Waals surface area contributed by atoms with Crippen molar-refractivity contribution in [3.8, 4) is 0 Å². The molecule has 130 valence electrons. The largest absolute Gasteiger partial charge is 0.433 e. The Kier molecular flexibility index (Phi) is 4.16. The number of hydrogen-bond donors (Lipinski definition) is 1. The number of anilines is 1. The Morgan fingerprint density at radius 1 is 1.24 bits per heavy atom. The molecular weight excluding hydrogens is 357 g/mol. The lowest BCUT2D eigenvalue weighted by Gasteiger charge is -2.09. The molecule has 5 nitrogen and oxygen atoms in total. The Morgan fingerprint density at radius 2 is 1.96 bits per heavy atom. The highest BCUT2D eigenvalue weighted by molar-refractivity contribution is 6.31. The SMILES string of the molecule is Cc1cc(C(F)(F)F)n2nc(C(=O)Nc3cccc(Cl)c3C)cc2n1. The van der Waals surface area contributed by atoms with Crippen LogP contribution in [-0.2, 0) is 6.18 Å². The number of benzene rings is 1. The number of nitrogens with one attached hydrogen (secondary N) is 1. The lowest BCUT2D eigenvalue weighted by Crippen LogP contribution is -2.16. The molecule has 3 rings (SSSR count). The van der Waals surface area contributed by atoms with E-state index in [0.29, 0.717) is 20.8 Å². The van der Waals surface area contributed by atoms with Crippen LogP contribution in [0.5, 0.6) is 0 Å². The van der Waals surface area contributed by atoms with Crippen LogP contribution < -0.4 is 5.32 Å². The van der Waals surface area contributed by atoms with E-state index in [2.05, 4.69) is 15.4 Å². The fourth-order valence-corrected chi connectivity index (χ4v) is 2.52. The van der Waals surface area contributed by atoms with Gasteiger partial charge in [-0.15, -0.1) is 0 Å². The zero-order valence-electron chi connectivity index (χ0n) is 13.1. The molecule has 0 aliphatic rings. The smallest absolute Gasteiger partial charge is 0.320 e. The summed E-state index contributed by atoms with van der Waals surface area (Å²) in [5.41, 5.74) is 0.0505. The Bertz CT molecular complexity index is 981. The number of halogens is 4. The maximum atomic E-state index is 13.1. The maximum absolute atomic E-state index is 13.1. The van der Waals surface area contributed by atoms with Crippen molar-refractivity contribution in [2.24, 2.45) is 0 Å². The highest BCUT2D eigenvalue weighted by atomic mass is 35.5. The van der Waals surface area contributed by atoms with Crippen molar-refractivity contribution in [1.82, 2.24) is 14.6 Å². The van der Waals surface area contributed by atoms with E-state index in [9.17, 15) is 18.0 Å². The van der Waals surface area contributed by atoms with Crippen molar-refractivity contribution in [3.63, 3.8) is 0 Å². The predicted molar refractivity (Wildman–Crippen MR) is 86.9 cm³/mol. The van der Waals surface area contributed by atoms with Crippen LogP contribution in [0.4, 0.5) is 18.9 Å². The van der Waals surface area contributed by atoms with Gasteiger partial charge in [0.05, 0.1) is 0 Å². The summed E-state index contributed by atoms with van der Waals surface area (Å²) in [5.74, 6) is -0.651. The molecule has 0 bridgehead atoms. The Balaban J connectivity index is 2.02. The number of amides is 1. The van der Waals surface area contributed by atoms with Gasteiger partial charge < -0.3 is 5.32 Å². The van der Waals surface area contributed by atoms with E-state index in [1.807, 2.05) is 0 Å². The second-order valence-electron chi connectivity index (χ2n) is 5.45. The summed E-state index contributed by atoms with van der Waals surface area (Å²) >= 11 is 5.99. The molecular formula is C16H12ClF3N4O. The molecule has 1 N–H and O–H groups in total. The molecule has 0 saturated heterocycles. The molecule has 2 aromatic heterocycles. The van der Waals surface area contributed by atoms with E-state index < -0.39 is 17.8 Å². The second-order valence-corrected chi connectivity index (χ2v) is 5.85. The van der Waals surface area contributed by atoms with E-state index in [-0.39, 0.29) is 17.0 Å². The molecule has 0 fully saturated rings. The monoisotopic (exact) mass is 368 g/mol. The summed E-state index contributed by atoms with van der Waals surface area (Å²) in [6.45, 7) is 3.16. The molecule has 2 heterocycles. The molecule has 1 aromatic carbocycles. The number of fused-ring (bicyclic) bond motifs is 1. The van der Waals surface area contributed by atoms with Gasteiger partial charge in [-0.05, 0) is 37.6 Å². The van der Waals surface area contributed by atoms with E-state index in [1.54, 1.807) is 25.1 Å². The first-order chi connectivity index (χ1) is 11.7. The molecule has 0 saturated carbocycles. The van der Waals surface area contributed by atoms with Crippen LogP contribution >= 0.6 is 11.6 Å². The van der Waals surface area contributed by atoms with Crippen LogP contribution in [0.1, 0.15) is 27.4 Å². The standard InChI is InChI=1S/C16H12ClF3N4O/c1-8-6-13(16(18,19)20)24-14(21-8)7-12(23-24)15(25)22-11-5-3-4-10(17)9(11)2/h3-7H,1-2H3,(H,22,25). The Hall–Kier alpha value is -2.61. The Labute approximate surface area is 145 Å². The number of nitrogens with zero attached hydrogens (tertiary/aromatic N) is 3. The fourth-order valence-electron chi connectivity index (χ4n) is 2.34. The first kappa shape index (κ1) is 17.2. The van der Waals surface area contributed by atoms with E-state index >= 15 is 0 Å². The summed E-state index contributed by atoms with van der Waals surface area (Å²) < 4.78 is 40.1. The van der Waals surface area contributed by atoms with Crippen molar-refractivity contribution in [3.05, 3.63) is 58.0 Å². The minimum atomic E-state index is -4.62. The summed E-state index contributed by atoms with van der Waals surface area (Å²) in [4.78, 5) is 16.3. The maximum Gasteiger partial charge on any atom is 0.433 e. The van der Waals surface area contributed by atoms with Crippen LogP contribution in [0.2, 0.25) is 5.02 Å². The van der Waals surface area contributed by atoms with Gasteiger partial charge in [0, 0.05) is 22.5 Å². The van der Waals surface area contributed by atoms with Crippen molar-refractivity contribution < 1.29 is 18.0 Å². The number of rotatable bonds is 2. The number of carbonyl (C=O) groups excluding carboxylic acids is 1. The highest BCUT2D eigenvalue weighted by Crippen LogP contribution is 2.30. The number of aryl methyl sites for hydroxylation is 1. The minimum absolute atomic E-state index is 0.0553. The molecule has 25 heavy (non-hydrogen) atoms. The second kappa shape index (κ2) is 6.03. The van der Waals surface area contributed by atoms with Gasteiger partial charge in [-0.2, -0.15) is 18.3 Å². The van der Waals surface area contributed by atoms with Gasteiger partial charge in [-0.1, -0.05) is 17.7 Å². The molecule has 9 heteroatoms. The number of aromatic nitrogens is 3. The quantitative estimate of drug-likeness (QED) is 0.734. The molecule has 0 spiro atoms. The van der Waals surface area contributed by atoms with Crippen LogP contribution in [0, 0.1) is 13.8 Å². The summed E-state index contributed by atoms with van der Waals surface area (Å²) in [5, 5.41) is 6.81. The fraction of sp³-hybridized carbons (Fsp3) is 0.188. The molecule has 0 aliphatic heterocycles. The zero-order valence-corrected chi connectivity index (χ0v) is 13.9. The first-order valence-electron chi connectivity index (χ1n) is 7.18.